The van der Waals surface area contributed by atoms with Crippen LogP contribution >= 0.6 is 24.0 Å². The third kappa shape index (κ3) is 7.51. The van der Waals surface area contributed by atoms with Gasteiger partial charge in [-0.1, -0.05) is 37.3 Å². The molecule has 1 saturated carbocycles. The summed E-state index contributed by atoms with van der Waals surface area (Å²) in [7, 11) is 3.52. The molecular formula is C20H33IN4O. The number of hydrogen-bond acceptors (Lipinski definition) is 2. The van der Waals surface area contributed by atoms with E-state index in [-0.39, 0.29) is 36.4 Å². The van der Waals surface area contributed by atoms with E-state index in [0.29, 0.717) is 12.0 Å². The molecule has 1 aromatic rings. The number of halogens is 1. The molecule has 0 spiro atoms. The number of nitrogens with zero attached hydrogens (tertiary/aromatic N) is 2. The lowest BCUT2D eigenvalue weighted by atomic mass is 9.82. The summed E-state index contributed by atoms with van der Waals surface area (Å²) in [4.78, 5) is 17.8. The third-order valence-electron chi connectivity index (χ3n) is 4.75. The topological polar surface area (TPSA) is 56.7 Å². The van der Waals surface area contributed by atoms with Crippen molar-refractivity contribution in [3.8, 4) is 0 Å². The largest absolute Gasteiger partial charge is 0.356 e. The number of nitrogens with one attached hydrogen (secondary N) is 2. The van der Waals surface area contributed by atoms with E-state index in [1.165, 1.54) is 18.4 Å². The van der Waals surface area contributed by atoms with Crippen LogP contribution < -0.4 is 10.6 Å². The van der Waals surface area contributed by atoms with E-state index in [4.69, 9.17) is 0 Å². The quantitative estimate of drug-likeness (QED) is 0.379. The van der Waals surface area contributed by atoms with E-state index >= 15 is 0 Å². The zero-order valence-corrected chi connectivity index (χ0v) is 18.5. The maximum Gasteiger partial charge on any atom is 0.243 e. The molecule has 2 N–H and O–H groups in total. The smallest absolute Gasteiger partial charge is 0.243 e. The molecule has 0 atom stereocenters. The van der Waals surface area contributed by atoms with Crippen LogP contribution in [0.2, 0.25) is 0 Å². The number of rotatable bonds is 6. The molecular weight excluding hydrogens is 439 g/mol. The van der Waals surface area contributed by atoms with Crippen LogP contribution in [0.25, 0.3) is 0 Å². The summed E-state index contributed by atoms with van der Waals surface area (Å²) in [5, 5.41) is 6.85. The zero-order chi connectivity index (χ0) is 18.1. The Bertz CT molecular complexity index is 554. The van der Waals surface area contributed by atoms with Gasteiger partial charge in [0, 0.05) is 26.7 Å². The van der Waals surface area contributed by atoms with Crippen LogP contribution in [-0.2, 0) is 4.79 Å². The molecule has 0 radical (unpaired) electrons. The van der Waals surface area contributed by atoms with Crippen LogP contribution in [-0.4, -0.2) is 50.0 Å². The molecule has 2 rings (SSSR count). The molecule has 0 bridgehead atoms. The van der Waals surface area contributed by atoms with Crippen LogP contribution in [0.4, 0.5) is 0 Å². The lowest BCUT2D eigenvalue weighted by molar-refractivity contribution is -0.127. The van der Waals surface area contributed by atoms with Crippen LogP contribution in [0.15, 0.2) is 35.3 Å². The van der Waals surface area contributed by atoms with Gasteiger partial charge in [0.1, 0.15) is 6.54 Å². The second-order valence-corrected chi connectivity index (χ2v) is 6.98. The molecule has 1 aromatic carbocycles. The molecule has 1 fully saturated rings. The molecule has 0 saturated heterocycles. The van der Waals surface area contributed by atoms with Gasteiger partial charge >= 0.3 is 0 Å². The van der Waals surface area contributed by atoms with Gasteiger partial charge in [0.2, 0.25) is 5.91 Å². The summed E-state index contributed by atoms with van der Waals surface area (Å²) in [5.41, 5.74) is 1.45. The lowest BCUT2D eigenvalue weighted by Crippen LogP contribution is -2.45. The zero-order valence-electron chi connectivity index (χ0n) is 16.2. The molecule has 0 aromatic heterocycles. The number of hydrogen-bond donors (Lipinski definition) is 2. The van der Waals surface area contributed by atoms with Gasteiger partial charge in [-0.2, -0.15) is 0 Å². The number of likely N-dealkylation sites (N-methyl/N-ethyl adjacent to an activating group) is 1. The van der Waals surface area contributed by atoms with Gasteiger partial charge in [-0.05, 0) is 43.6 Å². The number of carbonyl (C=O) groups excluding carboxylic acids is 1. The lowest BCUT2D eigenvalue weighted by Gasteiger charge is -2.30. The molecule has 0 unspecified atom stereocenters. The highest BCUT2D eigenvalue weighted by molar-refractivity contribution is 14.0. The van der Waals surface area contributed by atoms with E-state index in [1.54, 1.807) is 19.0 Å². The maximum absolute atomic E-state index is 11.8. The molecule has 5 nitrogen and oxygen atoms in total. The highest BCUT2D eigenvalue weighted by atomic mass is 127. The van der Waals surface area contributed by atoms with Crippen LogP contribution in [0, 0.1) is 0 Å². The minimum absolute atomic E-state index is 0. The van der Waals surface area contributed by atoms with Crippen molar-refractivity contribution in [1.82, 2.24) is 15.5 Å². The van der Waals surface area contributed by atoms with Crippen LogP contribution in [0.5, 0.6) is 0 Å². The van der Waals surface area contributed by atoms with Gasteiger partial charge in [-0.3, -0.25) is 4.79 Å². The van der Waals surface area contributed by atoms with E-state index in [1.807, 2.05) is 0 Å². The molecule has 0 heterocycles. The Kier molecular flexibility index (Phi) is 10.6. The number of carbonyl (C=O) groups is 1. The second kappa shape index (κ2) is 12.1. The second-order valence-electron chi connectivity index (χ2n) is 6.98. The predicted molar refractivity (Wildman–Crippen MR) is 119 cm³/mol. The van der Waals surface area contributed by atoms with Gasteiger partial charge in [0.15, 0.2) is 5.96 Å². The molecule has 146 valence electrons. The van der Waals surface area contributed by atoms with Crippen molar-refractivity contribution >= 4 is 35.8 Å². The van der Waals surface area contributed by atoms with Crippen LogP contribution in [0.1, 0.15) is 50.5 Å². The number of amides is 1. The maximum atomic E-state index is 11.8. The molecule has 1 aliphatic carbocycles. The van der Waals surface area contributed by atoms with Crippen molar-refractivity contribution in [2.75, 3.05) is 27.2 Å². The van der Waals surface area contributed by atoms with Crippen molar-refractivity contribution in [1.29, 1.82) is 0 Å². The highest BCUT2D eigenvalue weighted by Crippen LogP contribution is 2.32. The first-order valence-corrected chi connectivity index (χ1v) is 9.40. The van der Waals surface area contributed by atoms with Gasteiger partial charge in [0.25, 0.3) is 0 Å². The standard InChI is InChI=1S/C20H32N4O.HI/c1-4-14-21-20(22-15-19(25)24(2)3)23-18-12-10-17(11-13-18)16-8-6-5-7-9-16;/h5-9,17-18H,4,10-15H2,1-3H3,(H2,21,22,23);1H. The average molecular weight is 472 g/mol. The van der Waals surface area contributed by atoms with E-state index in [0.717, 1.165) is 31.8 Å². The predicted octanol–water partition coefficient (Wildman–Crippen LogP) is 3.36. The number of aliphatic imine (C=N–C) groups is 1. The van der Waals surface area contributed by atoms with Crippen molar-refractivity contribution in [2.45, 2.75) is 51.0 Å². The normalized spacial score (nSPS) is 20.0. The first-order chi connectivity index (χ1) is 12.1. The summed E-state index contributed by atoms with van der Waals surface area (Å²) >= 11 is 0. The average Bonchev–Trinajstić information content (AvgIpc) is 2.64. The van der Waals surface area contributed by atoms with Crippen LogP contribution in [0.3, 0.4) is 0 Å². The monoisotopic (exact) mass is 472 g/mol. The Morgan fingerprint density at radius 1 is 1.15 bits per heavy atom. The summed E-state index contributed by atoms with van der Waals surface area (Å²) < 4.78 is 0. The minimum atomic E-state index is 0. The fourth-order valence-electron chi connectivity index (χ4n) is 3.17. The molecule has 1 amide bonds. The third-order valence-corrected chi connectivity index (χ3v) is 4.75. The van der Waals surface area contributed by atoms with E-state index in [2.05, 4.69) is 52.9 Å². The molecule has 26 heavy (non-hydrogen) atoms. The Morgan fingerprint density at radius 2 is 1.81 bits per heavy atom. The highest BCUT2D eigenvalue weighted by Gasteiger charge is 2.22. The Morgan fingerprint density at radius 3 is 2.38 bits per heavy atom. The molecule has 1 aliphatic rings. The van der Waals surface area contributed by atoms with Gasteiger partial charge in [-0.15, -0.1) is 24.0 Å². The molecule has 6 heteroatoms. The Labute approximate surface area is 175 Å². The molecule has 0 aliphatic heterocycles. The first-order valence-electron chi connectivity index (χ1n) is 9.40. The summed E-state index contributed by atoms with van der Waals surface area (Å²) in [5.74, 6) is 1.45. The summed E-state index contributed by atoms with van der Waals surface area (Å²) in [6.07, 6.45) is 5.68. The van der Waals surface area contributed by atoms with Crippen molar-refractivity contribution in [3.05, 3.63) is 35.9 Å². The summed E-state index contributed by atoms with van der Waals surface area (Å²) in [6.45, 7) is 3.17. The Balaban J connectivity index is 0.00000338. The Hall–Kier alpha value is -1.31. The number of guanidine groups is 1. The van der Waals surface area contributed by atoms with E-state index in [9.17, 15) is 4.79 Å². The summed E-state index contributed by atoms with van der Waals surface area (Å²) in [6, 6.07) is 11.2. The number of benzene rings is 1. The van der Waals surface area contributed by atoms with Gasteiger partial charge in [0.05, 0.1) is 0 Å². The first kappa shape index (κ1) is 22.7. The van der Waals surface area contributed by atoms with Crippen molar-refractivity contribution in [3.63, 3.8) is 0 Å². The van der Waals surface area contributed by atoms with Gasteiger partial charge in [-0.25, -0.2) is 4.99 Å². The van der Waals surface area contributed by atoms with E-state index < -0.39 is 0 Å². The fraction of sp³-hybridized carbons (Fsp3) is 0.600. The van der Waals surface area contributed by atoms with Crippen molar-refractivity contribution in [2.24, 2.45) is 4.99 Å². The van der Waals surface area contributed by atoms with Gasteiger partial charge < -0.3 is 15.5 Å². The van der Waals surface area contributed by atoms with Crippen molar-refractivity contribution < 1.29 is 4.79 Å². The SMILES string of the molecule is CCCNC(=NCC(=O)N(C)C)NC1CCC(c2ccccc2)CC1.I. The minimum Gasteiger partial charge on any atom is -0.356 e. The fourth-order valence-corrected chi connectivity index (χ4v) is 3.17.